The van der Waals surface area contributed by atoms with Gasteiger partial charge in [-0.25, -0.2) is 12.8 Å². The minimum atomic E-state index is -3.31. The van der Waals surface area contributed by atoms with Crippen molar-refractivity contribution in [1.29, 1.82) is 0 Å². The van der Waals surface area contributed by atoms with E-state index in [0.717, 1.165) is 53.3 Å². The lowest BCUT2D eigenvalue weighted by Crippen LogP contribution is -2.29. The van der Waals surface area contributed by atoms with Crippen molar-refractivity contribution in [3.05, 3.63) is 77.2 Å². The van der Waals surface area contributed by atoms with Crippen LogP contribution in [0.2, 0.25) is 0 Å². The maximum atomic E-state index is 13.8. The molecule has 156 valence electrons. The molecule has 1 unspecified atom stereocenters. The van der Waals surface area contributed by atoms with Gasteiger partial charge in [-0.3, -0.25) is 4.98 Å². The fourth-order valence-corrected chi connectivity index (χ4v) is 6.95. The fraction of sp³-hybridized carbons (Fsp3) is 0.375. The summed E-state index contributed by atoms with van der Waals surface area (Å²) in [6, 6.07) is 14.4. The van der Waals surface area contributed by atoms with Gasteiger partial charge in [0.15, 0.2) is 0 Å². The van der Waals surface area contributed by atoms with Gasteiger partial charge in [-0.15, -0.1) is 0 Å². The number of nitrogens with zero attached hydrogens (tertiary/aromatic N) is 2. The molecule has 5 rings (SSSR count). The number of rotatable bonds is 4. The molecule has 1 aliphatic carbocycles. The maximum absolute atomic E-state index is 13.8. The lowest BCUT2D eigenvalue weighted by molar-refractivity contribution is 0.336. The van der Waals surface area contributed by atoms with Crippen LogP contribution in [0.25, 0.3) is 10.9 Å². The Balaban J connectivity index is 1.30. The molecule has 4 nitrogen and oxygen atoms in total. The summed E-state index contributed by atoms with van der Waals surface area (Å²) in [5.41, 5.74) is 3.68. The molecule has 1 atom stereocenters. The predicted octanol–water partition coefficient (Wildman–Crippen LogP) is 4.92. The van der Waals surface area contributed by atoms with Crippen LogP contribution in [0, 0.1) is 12.7 Å². The normalized spacial score (nSPS) is 26.2. The van der Waals surface area contributed by atoms with E-state index in [0.29, 0.717) is 12.5 Å². The van der Waals surface area contributed by atoms with Gasteiger partial charge in [0.2, 0.25) is 10.0 Å². The van der Waals surface area contributed by atoms with Crippen molar-refractivity contribution in [2.45, 2.75) is 49.8 Å². The Hall–Kier alpha value is -2.31. The van der Waals surface area contributed by atoms with Crippen LogP contribution in [0.5, 0.6) is 0 Å². The molecule has 1 saturated heterocycles. The van der Waals surface area contributed by atoms with Crippen LogP contribution in [0.1, 0.15) is 48.3 Å². The van der Waals surface area contributed by atoms with E-state index < -0.39 is 10.0 Å². The van der Waals surface area contributed by atoms with E-state index in [2.05, 4.69) is 4.98 Å². The first-order valence-electron chi connectivity index (χ1n) is 10.5. The first-order valence-corrected chi connectivity index (χ1v) is 12.1. The molecular formula is C24H25FN2O2S. The minimum Gasteiger partial charge on any atom is -0.256 e. The van der Waals surface area contributed by atoms with Gasteiger partial charge >= 0.3 is 0 Å². The van der Waals surface area contributed by atoms with Gasteiger partial charge in [-0.2, -0.15) is 4.31 Å². The second-order valence-corrected chi connectivity index (χ2v) is 10.7. The Morgan fingerprint density at radius 2 is 1.83 bits per heavy atom. The zero-order valence-electron chi connectivity index (χ0n) is 17.0. The van der Waals surface area contributed by atoms with E-state index in [1.165, 1.54) is 6.07 Å². The number of fused-ring (bicyclic) bond motifs is 1. The number of sulfonamides is 1. The highest BCUT2D eigenvalue weighted by Crippen LogP contribution is 2.51. The number of halogens is 1. The van der Waals surface area contributed by atoms with Crippen LogP contribution in [-0.2, 0) is 15.8 Å². The monoisotopic (exact) mass is 424 g/mol. The molecule has 30 heavy (non-hydrogen) atoms. The van der Waals surface area contributed by atoms with Crippen LogP contribution in [0.3, 0.4) is 0 Å². The van der Waals surface area contributed by atoms with Crippen molar-refractivity contribution in [2.24, 2.45) is 0 Å². The third-order valence-corrected chi connectivity index (χ3v) is 8.65. The van der Waals surface area contributed by atoms with Gasteiger partial charge in [0, 0.05) is 23.7 Å². The quantitative estimate of drug-likeness (QED) is 0.559. The van der Waals surface area contributed by atoms with Crippen molar-refractivity contribution >= 4 is 20.9 Å². The van der Waals surface area contributed by atoms with Crippen LogP contribution in [0.15, 0.2) is 54.7 Å². The van der Waals surface area contributed by atoms with Crippen LogP contribution < -0.4 is 0 Å². The Kier molecular flexibility index (Phi) is 4.67. The van der Waals surface area contributed by atoms with Gasteiger partial charge < -0.3 is 0 Å². The number of hydrogen-bond donors (Lipinski definition) is 0. The van der Waals surface area contributed by atoms with E-state index >= 15 is 0 Å². The number of hydrogen-bond acceptors (Lipinski definition) is 3. The van der Waals surface area contributed by atoms with Crippen LogP contribution in [-0.4, -0.2) is 29.8 Å². The lowest BCUT2D eigenvalue weighted by Gasteiger charge is -2.30. The van der Waals surface area contributed by atoms with Gasteiger partial charge in [0.1, 0.15) is 5.82 Å². The summed E-state index contributed by atoms with van der Waals surface area (Å²) in [5, 5.41) is 0.873. The molecule has 2 aliphatic rings. The van der Waals surface area contributed by atoms with E-state index in [-0.39, 0.29) is 17.1 Å². The first-order chi connectivity index (χ1) is 14.4. The smallest absolute Gasteiger partial charge is 0.218 e. The summed E-state index contributed by atoms with van der Waals surface area (Å²) in [5.74, 6) is 0.122. The third-order valence-electron chi connectivity index (χ3n) is 6.76. The molecule has 1 spiro atoms. The zero-order valence-corrected chi connectivity index (χ0v) is 17.8. The lowest BCUT2D eigenvalue weighted by atomic mass is 9.77. The second kappa shape index (κ2) is 7.13. The molecule has 2 fully saturated rings. The number of benzene rings is 2. The molecule has 2 aromatic carbocycles. The van der Waals surface area contributed by atoms with Crippen molar-refractivity contribution < 1.29 is 12.8 Å². The SMILES string of the molecule is Cc1ccc(CS(=O)(=O)N2CC23CCC(c2ccnc4ccc(F)cc24)CC3)cc1. The van der Waals surface area contributed by atoms with Crippen molar-refractivity contribution in [3.63, 3.8) is 0 Å². The highest BCUT2D eigenvalue weighted by molar-refractivity contribution is 7.88. The molecule has 1 saturated carbocycles. The molecule has 1 aromatic heterocycles. The molecule has 2 heterocycles. The Morgan fingerprint density at radius 1 is 1.10 bits per heavy atom. The molecule has 0 N–H and O–H groups in total. The average molecular weight is 425 g/mol. The summed E-state index contributed by atoms with van der Waals surface area (Å²) < 4.78 is 41.4. The third kappa shape index (κ3) is 3.52. The number of aryl methyl sites for hydroxylation is 1. The summed E-state index contributed by atoms with van der Waals surface area (Å²) in [6.45, 7) is 2.62. The molecule has 0 radical (unpaired) electrons. The Morgan fingerprint density at radius 3 is 2.57 bits per heavy atom. The summed E-state index contributed by atoms with van der Waals surface area (Å²) in [7, 11) is -3.31. The van der Waals surface area contributed by atoms with Gasteiger partial charge in [0.05, 0.1) is 11.3 Å². The molecule has 3 aromatic rings. The maximum Gasteiger partial charge on any atom is 0.218 e. The molecular weight excluding hydrogens is 399 g/mol. The summed E-state index contributed by atoms with van der Waals surface area (Å²) in [4.78, 5) is 4.35. The molecule has 0 bridgehead atoms. The van der Waals surface area contributed by atoms with Crippen molar-refractivity contribution in [3.8, 4) is 0 Å². The highest BCUT2D eigenvalue weighted by atomic mass is 32.2. The Bertz CT molecular complexity index is 1200. The largest absolute Gasteiger partial charge is 0.256 e. The first kappa shape index (κ1) is 19.6. The molecule has 1 aliphatic heterocycles. The van der Waals surface area contributed by atoms with Gasteiger partial charge in [-0.05, 0) is 73.9 Å². The van der Waals surface area contributed by atoms with E-state index in [9.17, 15) is 12.8 Å². The van der Waals surface area contributed by atoms with E-state index in [4.69, 9.17) is 0 Å². The molecule has 6 heteroatoms. The number of pyridine rings is 1. The second-order valence-electron chi connectivity index (χ2n) is 8.81. The Labute approximate surface area is 176 Å². The van der Waals surface area contributed by atoms with Crippen LogP contribution >= 0.6 is 0 Å². The average Bonchev–Trinajstić information content (AvgIpc) is 3.44. The fourth-order valence-electron chi connectivity index (χ4n) is 4.97. The van der Waals surface area contributed by atoms with E-state index in [1.54, 1.807) is 22.6 Å². The van der Waals surface area contributed by atoms with Crippen molar-refractivity contribution in [1.82, 2.24) is 9.29 Å². The van der Waals surface area contributed by atoms with Gasteiger partial charge in [0.25, 0.3) is 0 Å². The van der Waals surface area contributed by atoms with E-state index in [1.807, 2.05) is 37.3 Å². The van der Waals surface area contributed by atoms with Gasteiger partial charge in [-0.1, -0.05) is 29.8 Å². The minimum absolute atomic E-state index is 0.0622. The summed E-state index contributed by atoms with van der Waals surface area (Å²) in [6.07, 6.45) is 5.31. The predicted molar refractivity (Wildman–Crippen MR) is 116 cm³/mol. The molecule has 0 amide bonds. The van der Waals surface area contributed by atoms with Crippen LogP contribution in [0.4, 0.5) is 4.39 Å². The topological polar surface area (TPSA) is 50.0 Å². The summed E-state index contributed by atoms with van der Waals surface area (Å²) >= 11 is 0. The number of aromatic nitrogens is 1. The zero-order chi connectivity index (χ0) is 20.9. The standard InChI is InChI=1S/C24H25FN2O2S/c1-17-2-4-18(5-3-17)15-30(28,29)27-16-24(27)11-8-19(9-12-24)21-10-13-26-23-7-6-20(25)14-22(21)23/h2-7,10,13-14,19H,8-9,11-12,15-16H2,1H3. The highest BCUT2D eigenvalue weighted by Gasteiger charge is 2.58. The van der Waals surface area contributed by atoms with Crippen molar-refractivity contribution in [2.75, 3.05) is 6.54 Å².